The van der Waals surface area contributed by atoms with Gasteiger partial charge in [-0.15, -0.1) is 0 Å². The molecule has 0 bridgehead atoms. The molecule has 4 aromatic heterocycles. The number of hydrogen-bond donors (Lipinski definition) is 1. The van der Waals surface area contributed by atoms with Crippen LogP contribution in [0.2, 0.25) is 5.02 Å². The highest BCUT2D eigenvalue weighted by Crippen LogP contribution is 2.40. The van der Waals surface area contributed by atoms with Gasteiger partial charge >= 0.3 is 0 Å². The van der Waals surface area contributed by atoms with Crippen LogP contribution in [0.4, 0.5) is 5.82 Å². The van der Waals surface area contributed by atoms with Gasteiger partial charge in [-0.1, -0.05) is 29.8 Å². The summed E-state index contributed by atoms with van der Waals surface area (Å²) in [5.74, 6) is 1.96. The summed E-state index contributed by atoms with van der Waals surface area (Å²) in [6, 6.07) is 11.0. The molecule has 7 rings (SSSR count). The Hall–Kier alpha value is -3.83. The Morgan fingerprint density at radius 2 is 2.00 bits per heavy atom. The van der Waals surface area contributed by atoms with E-state index in [4.69, 9.17) is 21.4 Å². The first-order chi connectivity index (χ1) is 17.2. The van der Waals surface area contributed by atoms with Crippen molar-refractivity contribution in [1.29, 1.82) is 0 Å². The first kappa shape index (κ1) is 22.6. The third kappa shape index (κ3) is 3.30. The van der Waals surface area contributed by atoms with Crippen molar-refractivity contribution in [3.8, 4) is 5.69 Å². The second kappa shape index (κ2) is 8.68. The Kier molecular flexibility index (Phi) is 5.45. The normalized spacial score (nSPS) is 17.1. The zero-order valence-corrected chi connectivity index (χ0v) is 20.7. The molecule has 1 saturated heterocycles. The SMILES string of the molecule is O=c1c2c(Cl)ccn2nc([C@@H]2CCN2c2ncnc3[nH]cc(C4=NCCO4)c23)n1-c1ccccc1.S. The molecular weight excluding hydrogens is 500 g/mol. The second-order valence-corrected chi connectivity index (χ2v) is 8.85. The lowest BCUT2D eigenvalue weighted by Crippen LogP contribution is -2.45. The molecule has 1 N–H and O–H groups in total. The van der Waals surface area contributed by atoms with Crippen molar-refractivity contribution in [2.75, 3.05) is 24.6 Å². The van der Waals surface area contributed by atoms with Crippen LogP contribution in [-0.2, 0) is 4.74 Å². The first-order valence-corrected chi connectivity index (χ1v) is 11.7. The van der Waals surface area contributed by atoms with E-state index in [-0.39, 0.29) is 25.1 Å². The standard InChI is InChI=1S/C24H19ClN8O2.H2S/c25-16-6-10-32-19(16)24(34)33(14-4-2-1-3-5-14)21(30-32)17-7-9-31(17)22-18-15(23-26-8-11-35-23)12-27-20(18)28-13-29-22;/h1-6,10,12-13,17H,7-9,11H2,(H,27,28,29);1H2/t17-;/m0./s1. The second-order valence-electron chi connectivity index (χ2n) is 8.45. The van der Waals surface area contributed by atoms with Crippen molar-refractivity contribution in [1.82, 2.24) is 29.1 Å². The number of nitrogens with one attached hydrogen (secondary N) is 1. The monoisotopic (exact) mass is 520 g/mol. The highest BCUT2D eigenvalue weighted by molar-refractivity contribution is 7.59. The smallest absolute Gasteiger partial charge is 0.284 e. The summed E-state index contributed by atoms with van der Waals surface area (Å²) in [6.45, 7) is 1.94. The number of benzene rings is 1. The molecule has 1 aromatic carbocycles. The van der Waals surface area contributed by atoms with Crippen molar-refractivity contribution >= 4 is 53.4 Å². The van der Waals surface area contributed by atoms with E-state index in [2.05, 4.69) is 24.8 Å². The van der Waals surface area contributed by atoms with Gasteiger partial charge in [-0.25, -0.2) is 19.5 Å². The van der Waals surface area contributed by atoms with Gasteiger partial charge in [0.15, 0.2) is 5.82 Å². The molecule has 5 aromatic rings. The van der Waals surface area contributed by atoms with Gasteiger partial charge in [0.25, 0.3) is 5.56 Å². The molecule has 0 saturated carbocycles. The molecule has 6 heterocycles. The molecule has 1 atom stereocenters. The van der Waals surface area contributed by atoms with Crippen LogP contribution in [0.1, 0.15) is 23.9 Å². The number of anilines is 1. The summed E-state index contributed by atoms with van der Waals surface area (Å²) < 4.78 is 8.94. The predicted octanol–water partition coefficient (Wildman–Crippen LogP) is 3.25. The molecule has 1 fully saturated rings. The van der Waals surface area contributed by atoms with Gasteiger partial charge in [0.05, 0.1) is 34.2 Å². The minimum Gasteiger partial charge on any atom is -0.475 e. The number of nitrogens with zero attached hydrogens (tertiary/aromatic N) is 7. The maximum Gasteiger partial charge on any atom is 0.284 e. The van der Waals surface area contributed by atoms with Gasteiger partial charge in [0, 0.05) is 18.9 Å². The molecule has 0 radical (unpaired) electrons. The van der Waals surface area contributed by atoms with Crippen molar-refractivity contribution in [3.05, 3.63) is 81.9 Å². The highest BCUT2D eigenvalue weighted by atomic mass is 35.5. The number of aromatic nitrogens is 6. The predicted molar refractivity (Wildman–Crippen MR) is 142 cm³/mol. The molecular formula is C24H21ClN8O2S. The largest absolute Gasteiger partial charge is 0.475 e. The quantitative estimate of drug-likeness (QED) is 0.390. The van der Waals surface area contributed by atoms with Crippen LogP contribution in [-0.4, -0.2) is 54.7 Å². The van der Waals surface area contributed by atoms with Crippen LogP contribution in [0.5, 0.6) is 0 Å². The zero-order chi connectivity index (χ0) is 23.5. The van der Waals surface area contributed by atoms with E-state index in [1.165, 1.54) is 6.33 Å². The van der Waals surface area contributed by atoms with Crippen LogP contribution >= 0.6 is 25.1 Å². The average Bonchev–Trinajstić information content (AvgIpc) is 3.59. The number of hydrogen-bond acceptors (Lipinski definition) is 7. The number of ether oxygens (including phenoxy) is 1. The zero-order valence-electron chi connectivity index (χ0n) is 18.9. The van der Waals surface area contributed by atoms with Crippen LogP contribution in [0.3, 0.4) is 0 Å². The van der Waals surface area contributed by atoms with Gasteiger partial charge in [-0.05, 0) is 24.6 Å². The van der Waals surface area contributed by atoms with Gasteiger partial charge in [-0.2, -0.15) is 18.6 Å². The maximum atomic E-state index is 13.7. The highest BCUT2D eigenvalue weighted by Gasteiger charge is 2.37. The molecule has 12 heteroatoms. The van der Waals surface area contributed by atoms with Crippen LogP contribution in [0.25, 0.3) is 22.2 Å². The molecule has 182 valence electrons. The van der Waals surface area contributed by atoms with Crippen molar-refractivity contribution in [3.63, 3.8) is 0 Å². The van der Waals surface area contributed by atoms with Crippen molar-refractivity contribution < 1.29 is 4.74 Å². The Labute approximate surface area is 216 Å². The van der Waals surface area contributed by atoms with E-state index in [1.54, 1.807) is 21.3 Å². The summed E-state index contributed by atoms with van der Waals surface area (Å²) in [5, 5.41) is 6.07. The first-order valence-electron chi connectivity index (χ1n) is 11.3. The number of aliphatic imine (C=N–C) groups is 1. The van der Waals surface area contributed by atoms with Crippen LogP contribution in [0, 0.1) is 0 Å². The number of fused-ring (bicyclic) bond motifs is 2. The molecule has 2 aliphatic heterocycles. The Morgan fingerprint density at radius 3 is 2.75 bits per heavy atom. The molecule has 0 unspecified atom stereocenters. The number of aromatic amines is 1. The molecule has 0 aliphatic carbocycles. The van der Waals surface area contributed by atoms with Crippen LogP contribution in [0.15, 0.2) is 64.9 Å². The molecule has 0 amide bonds. The maximum absolute atomic E-state index is 13.7. The van der Waals surface area contributed by atoms with Crippen molar-refractivity contribution in [2.45, 2.75) is 12.5 Å². The van der Waals surface area contributed by atoms with E-state index < -0.39 is 0 Å². The fourth-order valence-corrected chi connectivity index (χ4v) is 5.05. The van der Waals surface area contributed by atoms with E-state index in [0.29, 0.717) is 41.1 Å². The Morgan fingerprint density at radius 1 is 1.14 bits per heavy atom. The molecule has 0 spiro atoms. The fourth-order valence-electron chi connectivity index (χ4n) is 4.83. The number of rotatable bonds is 4. The number of halogens is 1. The van der Waals surface area contributed by atoms with E-state index >= 15 is 0 Å². The molecule has 36 heavy (non-hydrogen) atoms. The lowest BCUT2D eigenvalue weighted by Gasteiger charge is -2.42. The van der Waals surface area contributed by atoms with Crippen LogP contribution < -0.4 is 10.5 Å². The van der Waals surface area contributed by atoms with E-state index in [9.17, 15) is 4.79 Å². The minimum absolute atomic E-state index is 0. The molecule has 2 aliphatic rings. The Bertz CT molecular complexity index is 1690. The summed E-state index contributed by atoms with van der Waals surface area (Å²) in [7, 11) is 0. The van der Waals surface area contributed by atoms with Gasteiger partial charge in [0.1, 0.15) is 29.9 Å². The van der Waals surface area contributed by atoms with Gasteiger partial charge in [0.2, 0.25) is 5.90 Å². The van der Waals surface area contributed by atoms with Crippen molar-refractivity contribution in [2.24, 2.45) is 4.99 Å². The fraction of sp³-hybridized carbons (Fsp3) is 0.208. The lowest BCUT2D eigenvalue weighted by atomic mass is 10.0. The summed E-state index contributed by atoms with van der Waals surface area (Å²) >= 11 is 6.35. The summed E-state index contributed by atoms with van der Waals surface area (Å²) in [4.78, 5) is 32.5. The topological polar surface area (TPSA) is 106 Å². The van der Waals surface area contributed by atoms with Gasteiger partial charge < -0.3 is 14.6 Å². The minimum atomic E-state index is -0.216. The Balaban J connectivity index is 0.00000240. The third-order valence-corrected chi connectivity index (χ3v) is 6.84. The summed E-state index contributed by atoms with van der Waals surface area (Å²) in [5.41, 5.74) is 2.40. The summed E-state index contributed by atoms with van der Waals surface area (Å²) in [6.07, 6.45) is 5.91. The van der Waals surface area contributed by atoms with E-state index in [0.717, 1.165) is 35.4 Å². The third-order valence-electron chi connectivity index (χ3n) is 6.53. The van der Waals surface area contributed by atoms with Gasteiger partial charge in [-0.3, -0.25) is 9.36 Å². The van der Waals surface area contributed by atoms with E-state index in [1.807, 2.05) is 36.5 Å². The number of H-pyrrole nitrogens is 1. The average molecular weight is 521 g/mol. The lowest BCUT2D eigenvalue weighted by molar-refractivity contribution is 0.348. The number of para-hydroxylation sites is 1. The molecule has 10 nitrogen and oxygen atoms in total.